The molecule has 1 saturated heterocycles. The van der Waals surface area contributed by atoms with Gasteiger partial charge in [0.15, 0.2) is 5.78 Å². The Labute approximate surface area is 158 Å². The van der Waals surface area contributed by atoms with Gasteiger partial charge in [0.25, 0.3) is 0 Å². The van der Waals surface area contributed by atoms with Crippen LogP contribution in [-0.4, -0.2) is 41.3 Å². The molecule has 1 aliphatic rings. The molecule has 0 saturated carbocycles. The highest BCUT2D eigenvalue weighted by Gasteiger charge is 2.23. The number of carbonyl (C=O) groups excluding carboxylic acids is 1. The van der Waals surface area contributed by atoms with Gasteiger partial charge in [-0.3, -0.25) is 4.79 Å². The molecule has 5 heteroatoms. The number of nitrogens with zero attached hydrogens (tertiary/aromatic N) is 1. The number of carbonyl (C=O) groups is 1. The summed E-state index contributed by atoms with van der Waals surface area (Å²) in [5, 5.41) is 0.0178. The Balaban J connectivity index is 1.73. The zero-order valence-electron chi connectivity index (χ0n) is 14.0. The van der Waals surface area contributed by atoms with Crippen LogP contribution in [0.25, 0.3) is 0 Å². The molecule has 1 unspecified atom stereocenters. The van der Waals surface area contributed by atoms with E-state index in [9.17, 15) is 4.79 Å². The number of hydrogen-bond donors (Lipinski definition) is 0. The van der Waals surface area contributed by atoms with E-state index in [-0.39, 0.29) is 11.0 Å². The first kappa shape index (κ1) is 18.1. The van der Waals surface area contributed by atoms with E-state index in [1.54, 1.807) is 11.8 Å². The Morgan fingerprint density at radius 2 is 1.64 bits per heavy atom. The SMILES string of the molecule is O=C(CC(SC(=S)N1CCOCC1)c1ccccc1)c1ccccc1. The molecule has 3 rings (SSSR count). The summed E-state index contributed by atoms with van der Waals surface area (Å²) in [4.78, 5) is 14.9. The molecule has 1 fully saturated rings. The summed E-state index contributed by atoms with van der Waals surface area (Å²) in [5.74, 6) is 0.145. The van der Waals surface area contributed by atoms with Crippen molar-refractivity contribution in [2.45, 2.75) is 11.7 Å². The van der Waals surface area contributed by atoms with Gasteiger partial charge in [0, 0.05) is 30.3 Å². The number of thioether (sulfide) groups is 1. The fraction of sp³-hybridized carbons (Fsp3) is 0.300. The molecule has 1 atom stereocenters. The molecule has 0 amide bonds. The van der Waals surface area contributed by atoms with Gasteiger partial charge >= 0.3 is 0 Å². The van der Waals surface area contributed by atoms with Gasteiger partial charge in [-0.1, -0.05) is 84.6 Å². The number of thiocarbonyl (C=S) groups is 1. The molecule has 1 heterocycles. The molecule has 25 heavy (non-hydrogen) atoms. The van der Waals surface area contributed by atoms with Crippen molar-refractivity contribution in [2.75, 3.05) is 26.3 Å². The number of Topliss-reactive ketones (excluding diaryl/α,β-unsaturated/α-hetero) is 1. The van der Waals surface area contributed by atoms with Gasteiger partial charge in [0.1, 0.15) is 4.32 Å². The molecule has 0 spiro atoms. The highest BCUT2D eigenvalue weighted by molar-refractivity contribution is 8.23. The van der Waals surface area contributed by atoms with Crippen LogP contribution in [0.15, 0.2) is 60.7 Å². The van der Waals surface area contributed by atoms with Gasteiger partial charge in [0.05, 0.1) is 13.2 Å². The first-order chi connectivity index (χ1) is 12.2. The van der Waals surface area contributed by atoms with Crippen LogP contribution < -0.4 is 0 Å². The summed E-state index contributed by atoms with van der Waals surface area (Å²) in [7, 11) is 0. The van der Waals surface area contributed by atoms with E-state index in [1.807, 2.05) is 48.5 Å². The second-order valence-electron chi connectivity index (χ2n) is 5.88. The fourth-order valence-corrected chi connectivity index (χ4v) is 4.38. The molecular weight excluding hydrogens is 350 g/mol. The Morgan fingerprint density at radius 1 is 1.04 bits per heavy atom. The van der Waals surface area contributed by atoms with Crippen LogP contribution in [-0.2, 0) is 4.74 Å². The highest BCUT2D eigenvalue weighted by Crippen LogP contribution is 2.35. The van der Waals surface area contributed by atoms with Crippen molar-refractivity contribution >= 4 is 34.1 Å². The van der Waals surface area contributed by atoms with Crippen LogP contribution in [0.4, 0.5) is 0 Å². The molecule has 0 bridgehead atoms. The molecular formula is C20H21NO2S2. The zero-order valence-corrected chi connectivity index (χ0v) is 15.6. The van der Waals surface area contributed by atoms with Crippen LogP contribution in [0.2, 0.25) is 0 Å². The summed E-state index contributed by atoms with van der Waals surface area (Å²) < 4.78 is 6.24. The first-order valence-electron chi connectivity index (χ1n) is 8.40. The molecule has 3 nitrogen and oxygen atoms in total. The largest absolute Gasteiger partial charge is 0.378 e. The van der Waals surface area contributed by atoms with Crippen molar-refractivity contribution in [3.8, 4) is 0 Å². The monoisotopic (exact) mass is 371 g/mol. The predicted octanol–water partition coefficient (Wildman–Crippen LogP) is 4.35. The van der Waals surface area contributed by atoms with E-state index < -0.39 is 0 Å². The van der Waals surface area contributed by atoms with E-state index in [2.05, 4.69) is 17.0 Å². The lowest BCUT2D eigenvalue weighted by Gasteiger charge is -2.30. The van der Waals surface area contributed by atoms with E-state index in [0.717, 1.165) is 28.5 Å². The molecule has 2 aromatic carbocycles. The van der Waals surface area contributed by atoms with Crippen molar-refractivity contribution < 1.29 is 9.53 Å². The maximum Gasteiger partial charge on any atom is 0.164 e. The van der Waals surface area contributed by atoms with Crippen LogP contribution >= 0.6 is 24.0 Å². The van der Waals surface area contributed by atoms with Crippen LogP contribution in [0.3, 0.4) is 0 Å². The van der Waals surface area contributed by atoms with Crippen LogP contribution in [0.1, 0.15) is 27.6 Å². The normalized spacial score (nSPS) is 15.6. The van der Waals surface area contributed by atoms with Gasteiger partial charge in [-0.2, -0.15) is 0 Å². The highest BCUT2D eigenvalue weighted by atomic mass is 32.2. The Morgan fingerprint density at radius 3 is 2.28 bits per heavy atom. The minimum absolute atomic E-state index is 0.0178. The average molecular weight is 372 g/mol. The van der Waals surface area contributed by atoms with Gasteiger partial charge in [0.2, 0.25) is 0 Å². The van der Waals surface area contributed by atoms with Crippen molar-refractivity contribution in [1.82, 2.24) is 4.90 Å². The number of benzene rings is 2. The Hall–Kier alpha value is -1.69. The minimum atomic E-state index is 0.0178. The maximum absolute atomic E-state index is 12.7. The van der Waals surface area contributed by atoms with Gasteiger partial charge in [-0.05, 0) is 5.56 Å². The first-order valence-corrected chi connectivity index (χ1v) is 9.69. The van der Waals surface area contributed by atoms with E-state index >= 15 is 0 Å². The van der Waals surface area contributed by atoms with E-state index in [4.69, 9.17) is 17.0 Å². The van der Waals surface area contributed by atoms with E-state index in [0.29, 0.717) is 19.6 Å². The number of morpholine rings is 1. The molecule has 2 aromatic rings. The second-order valence-corrected chi connectivity index (χ2v) is 7.71. The van der Waals surface area contributed by atoms with Crippen molar-refractivity contribution in [3.05, 3.63) is 71.8 Å². The van der Waals surface area contributed by atoms with Crippen molar-refractivity contribution in [1.29, 1.82) is 0 Å². The maximum atomic E-state index is 12.7. The van der Waals surface area contributed by atoms with Crippen molar-refractivity contribution in [2.24, 2.45) is 0 Å². The summed E-state index contributed by atoms with van der Waals surface area (Å²) in [6, 6.07) is 19.6. The summed E-state index contributed by atoms with van der Waals surface area (Å²) >= 11 is 7.25. The minimum Gasteiger partial charge on any atom is -0.378 e. The molecule has 0 aliphatic carbocycles. The van der Waals surface area contributed by atoms with Gasteiger partial charge in [-0.15, -0.1) is 0 Å². The zero-order chi connectivity index (χ0) is 17.5. The molecule has 0 aromatic heterocycles. The molecule has 0 radical (unpaired) electrons. The Bertz CT molecular complexity index is 700. The lowest BCUT2D eigenvalue weighted by molar-refractivity contribution is 0.0702. The van der Waals surface area contributed by atoms with Crippen LogP contribution in [0, 0.1) is 0 Å². The smallest absolute Gasteiger partial charge is 0.164 e. The molecule has 1 aliphatic heterocycles. The summed E-state index contributed by atoms with van der Waals surface area (Å²) in [6.45, 7) is 3.05. The number of hydrogen-bond acceptors (Lipinski definition) is 4. The number of ether oxygens (including phenoxy) is 1. The lowest BCUT2D eigenvalue weighted by atomic mass is 10.0. The third-order valence-corrected chi connectivity index (χ3v) is 5.88. The number of rotatable bonds is 5. The quantitative estimate of drug-likeness (QED) is 0.576. The predicted molar refractivity (Wildman–Crippen MR) is 107 cm³/mol. The summed E-state index contributed by atoms with van der Waals surface area (Å²) in [5.41, 5.74) is 1.88. The standard InChI is InChI=1S/C20H21NO2S2/c22-18(16-7-3-1-4-8-16)15-19(17-9-5-2-6-10-17)25-20(24)21-11-13-23-14-12-21/h1-10,19H,11-15H2. The fourth-order valence-electron chi connectivity index (χ4n) is 2.75. The van der Waals surface area contributed by atoms with Gasteiger partial charge in [-0.25, -0.2) is 0 Å². The van der Waals surface area contributed by atoms with Gasteiger partial charge < -0.3 is 9.64 Å². The topological polar surface area (TPSA) is 29.5 Å². The van der Waals surface area contributed by atoms with Crippen molar-refractivity contribution in [3.63, 3.8) is 0 Å². The van der Waals surface area contributed by atoms with Crippen LogP contribution in [0.5, 0.6) is 0 Å². The lowest BCUT2D eigenvalue weighted by Crippen LogP contribution is -2.38. The Kier molecular flexibility index (Phi) is 6.62. The average Bonchev–Trinajstić information content (AvgIpc) is 2.69. The van der Waals surface area contributed by atoms with E-state index in [1.165, 1.54) is 0 Å². The third-order valence-electron chi connectivity index (χ3n) is 4.15. The number of ketones is 1. The third kappa shape index (κ3) is 5.14. The summed E-state index contributed by atoms with van der Waals surface area (Å²) in [6.07, 6.45) is 0.434. The molecule has 130 valence electrons. The second kappa shape index (κ2) is 9.13. The molecule has 0 N–H and O–H groups in total.